The summed E-state index contributed by atoms with van der Waals surface area (Å²) >= 11 is 0. The third kappa shape index (κ3) is 5.79. The number of benzene rings is 2. The number of Topliss-reactive ketones (excluding diaryl/α,β-unsaturated/α-hetero) is 1. The fourth-order valence-corrected chi connectivity index (χ4v) is 4.37. The fourth-order valence-electron chi connectivity index (χ4n) is 4.37. The molecule has 5 rings (SSSR count). The number of nitrogens with zero attached hydrogens (tertiary/aromatic N) is 4. The first-order valence-electron chi connectivity index (χ1n) is 12.9. The van der Waals surface area contributed by atoms with Gasteiger partial charge in [-0.1, -0.05) is 24.8 Å². The van der Waals surface area contributed by atoms with E-state index in [2.05, 4.69) is 26.7 Å². The van der Waals surface area contributed by atoms with Gasteiger partial charge in [0.2, 0.25) is 0 Å². The molecule has 0 radical (unpaired) electrons. The van der Waals surface area contributed by atoms with Gasteiger partial charge in [-0.05, 0) is 73.4 Å². The van der Waals surface area contributed by atoms with E-state index < -0.39 is 11.6 Å². The van der Waals surface area contributed by atoms with E-state index in [4.69, 9.17) is 9.47 Å². The molecule has 41 heavy (non-hydrogen) atoms. The smallest absolute Gasteiger partial charge is 0.191 e. The van der Waals surface area contributed by atoms with Gasteiger partial charge in [0.15, 0.2) is 34.5 Å². The van der Waals surface area contributed by atoms with Crippen molar-refractivity contribution in [2.24, 2.45) is 0 Å². The summed E-state index contributed by atoms with van der Waals surface area (Å²) in [6.07, 6.45) is 3.07. The maximum absolute atomic E-state index is 15.2. The van der Waals surface area contributed by atoms with Crippen molar-refractivity contribution in [2.75, 3.05) is 6.61 Å². The molecule has 0 aliphatic carbocycles. The summed E-state index contributed by atoms with van der Waals surface area (Å²) < 4.78 is 40.4. The highest BCUT2D eigenvalue weighted by Crippen LogP contribution is 2.35. The number of aromatic nitrogens is 4. The highest BCUT2D eigenvalue weighted by Gasteiger charge is 2.23. The van der Waals surface area contributed by atoms with Gasteiger partial charge in [-0.2, -0.15) is 5.10 Å². The molecule has 0 atom stereocenters. The summed E-state index contributed by atoms with van der Waals surface area (Å²) in [5.74, 6) is -0.869. The molecule has 0 spiro atoms. The zero-order chi connectivity index (χ0) is 29.1. The fraction of sp³-hybridized carbons (Fsp3) is 0.156. The molecule has 0 aliphatic rings. The predicted octanol–water partition coefficient (Wildman–Crippen LogP) is 7.32. The van der Waals surface area contributed by atoms with Crippen LogP contribution in [0.4, 0.5) is 8.78 Å². The van der Waals surface area contributed by atoms with Gasteiger partial charge >= 0.3 is 0 Å². The summed E-state index contributed by atoms with van der Waals surface area (Å²) in [4.78, 5) is 22.1. The van der Waals surface area contributed by atoms with E-state index in [9.17, 15) is 9.18 Å². The van der Waals surface area contributed by atoms with Crippen LogP contribution in [0.15, 0.2) is 73.6 Å². The Morgan fingerprint density at radius 1 is 0.976 bits per heavy atom. The van der Waals surface area contributed by atoms with Gasteiger partial charge in [0.1, 0.15) is 11.3 Å². The quantitative estimate of drug-likeness (QED) is 0.177. The summed E-state index contributed by atoms with van der Waals surface area (Å²) in [5.41, 5.74) is 4.91. The highest BCUT2D eigenvalue weighted by molar-refractivity contribution is 6.00. The van der Waals surface area contributed by atoms with Crippen LogP contribution in [0.25, 0.3) is 27.7 Å². The number of ether oxygens (including phenoxy) is 2. The van der Waals surface area contributed by atoms with E-state index in [1.54, 1.807) is 50.5 Å². The third-order valence-electron chi connectivity index (χ3n) is 6.40. The first kappa shape index (κ1) is 27.5. The second kappa shape index (κ2) is 11.6. The molecular weight excluding hydrogens is 526 g/mol. The maximum atomic E-state index is 15.2. The lowest BCUT2D eigenvalue weighted by Gasteiger charge is -2.15. The van der Waals surface area contributed by atoms with Crippen LogP contribution in [0, 0.1) is 18.6 Å². The molecule has 0 aliphatic heterocycles. The molecule has 0 saturated carbocycles. The van der Waals surface area contributed by atoms with Gasteiger partial charge in [0.25, 0.3) is 0 Å². The molecule has 3 heterocycles. The number of aryl methyl sites for hydroxylation is 1. The number of halogens is 2. The minimum atomic E-state index is -0.647. The van der Waals surface area contributed by atoms with E-state index in [0.29, 0.717) is 39.2 Å². The van der Waals surface area contributed by atoms with Crippen LogP contribution in [0.3, 0.4) is 0 Å². The van der Waals surface area contributed by atoms with Crippen LogP contribution < -0.4 is 9.47 Å². The van der Waals surface area contributed by atoms with Gasteiger partial charge in [-0.15, -0.1) is 5.10 Å². The number of hydrogen-bond donors (Lipinski definition) is 0. The number of carbonyl (C=O) groups is 1. The Kier molecular flexibility index (Phi) is 7.78. The van der Waals surface area contributed by atoms with Crippen molar-refractivity contribution in [3.05, 3.63) is 108 Å². The molecule has 3 aromatic heterocycles. The molecule has 7 nitrogen and oxygen atoms in total. The van der Waals surface area contributed by atoms with Gasteiger partial charge in [0.05, 0.1) is 17.8 Å². The Balaban J connectivity index is 1.41. The molecule has 206 valence electrons. The molecule has 2 aromatic carbocycles. The summed E-state index contributed by atoms with van der Waals surface area (Å²) in [5, 5.41) is 8.25. The largest absolute Gasteiger partial charge is 0.491 e. The van der Waals surface area contributed by atoms with E-state index in [0.717, 1.165) is 11.1 Å². The Morgan fingerprint density at radius 2 is 1.76 bits per heavy atom. The molecule has 9 heteroatoms. The normalized spacial score (nSPS) is 11.0. The van der Waals surface area contributed by atoms with Crippen LogP contribution in [0.2, 0.25) is 0 Å². The number of fused-ring (bicyclic) bond motifs is 1. The highest BCUT2D eigenvalue weighted by atomic mass is 19.1. The van der Waals surface area contributed by atoms with Gasteiger partial charge in [0, 0.05) is 30.4 Å². The third-order valence-corrected chi connectivity index (χ3v) is 6.40. The Bertz CT molecular complexity index is 1790. The van der Waals surface area contributed by atoms with Gasteiger partial charge < -0.3 is 9.47 Å². The lowest BCUT2D eigenvalue weighted by molar-refractivity contribution is 0.0983. The maximum Gasteiger partial charge on any atom is 0.191 e. The van der Waals surface area contributed by atoms with Crippen LogP contribution in [-0.2, 0) is 6.42 Å². The monoisotopic (exact) mass is 552 g/mol. The topological polar surface area (TPSA) is 87.1 Å². The van der Waals surface area contributed by atoms with Crippen LogP contribution in [0.1, 0.15) is 41.2 Å². The van der Waals surface area contributed by atoms with Crippen LogP contribution in [-0.4, -0.2) is 32.6 Å². The summed E-state index contributed by atoms with van der Waals surface area (Å²) in [6.45, 7) is 9.58. The number of carbonyl (C=O) groups excluding carboxylic acids is 1. The molecule has 0 saturated heterocycles. The SMILES string of the molecule is C=C(C)c1cnc2c(Oc3ccc(CC(=O)c4nnc(C)c(-c5ccc(F)cc5)c4OCC)cc3F)ccnc2c1. The lowest BCUT2D eigenvalue weighted by Crippen LogP contribution is -2.13. The summed E-state index contributed by atoms with van der Waals surface area (Å²) in [6, 6.07) is 13.6. The molecule has 0 fully saturated rings. The van der Waals surface area contributed by atoms with Crippen LogP contribution in [0.5, 0.6) is 17.2 Å². The Morgan fingerprint density at radius 3 is 2.46 bits per heavy atom. The Labute approximate surface area is 235 Å². The minimum Gasteiger partial charge on any atom is -0.491 e. The van der Waals surface area contributed by atoms with Crippen LogP contribution >= 0.6 is 0 Å². The van der Waals surface area contributed by atoms with E-state index in [1.807, 2.05) is 13.0 Å². The summed E-state index contributed by atoms with van der Waals surface area (Å²) in [7, 11) is 0. The predicted molar refractivity (Wildman–Crippen MR) is 152 cm³/mol. The van der Waals surface area contributed by atoms with Gasteiger partial charge in [-0.25, -0.2) is 8.78 Å². The van der Waals surface area contributed by atoms with Crippen molar-refractivity contribution in [1.29, 1.82) is 0 Å². The number of hydrogen-bond acceptors (Lipinski definition) is 7. The van der Waals surface area contributed by atoms with Crippen molar-refractivity contribution in [3.63, 3.8) is 0 Å². The molecular formula is C32H26F2N4O3. The Hall–Kier alpha value is -5.05. The number of ketones is 1. The zero-order valence-corrected chi connectivity index (χ0v) is 22.7. The minimum absolute atomic E-state index is 0.0148. The molecule has 0 unspecified atom stereocenters. The first-order chi connectivity index (χ1) is 19.7. The number of rotatable bonds is 9. The molecule has 0 bridgehead atoms. The number of allylic oxidation sites excluding steroid dienone is 1. The average Bonchev–Trinajstić information content (AvgIpc) is 2.95. The van der Waals surface area contributed by atoms with Crippen molar-refractivity contribution in [3.8, 4) is 28.4 Å². The molecule has 5 aromatic rings. The van der Waals surface area contributed by atoms with Crippen molar-refractivity contribution < 1.29 is 23.0 Å². The first-order valence-corrected chi connectivity index (χ1v) is 12.9. The van der Waals surface area contributed by atoms with Crippen molar-refractivity contribution >= 4 is 22.4 Å². The van der Waals surface area contributed by atoms with E-state index in [1.165, 1.54) is 24.3 Å². The van der Waals surface area contributed by atoms with Crippen molar-refractivity contribution in [2.45, 2.75) is 27.2 Å². The van der Waals surface area contributed by atoms with E-state index in [-0.39, 0.29) is 36.0 Å². The lowest BCUT2D eigenvalue weighted by atomic mass is 9.99. The average molecular weight is 553 g/mol. The van der Waals surface area contributed by atoms with Crippen molar-refractivity contribution in [1.82, 2.24) is 20.2 Å². The zero-order valence-electron chi connectivity index (χ0n) is 22.7. The van der Waals surface area contributed by atoms with E-state index >= 15 is 4.39 Å². The standard InChI is InChI=1S/C32H26F2N4O3/c1-5-40-32-29(21-7-9-23(33)10-8-21)19(4)37-38-31(32)26(39)15-20-6-11-27(24(34)14-20)41-28-12-13-35-25-16-22(18(2)3)17-36-30(25)28/h6-14,16-17H,2,5,15H2,1,3-4H3. The number of pyridine rings is 2. The second-order valence-electron chi connectivity index (χ2n) is 9.43. The molecule has 0 N–H and O–H groups in total. The molecule has 0 amide bonds. The van der Waals surface area contributed by atoms with Gasteiger partial charge in [-0.3, -0.25) is 14.8 Å². The second-order valence-corrected chi connectivity index (χ2v) is 9.43.